The zero-order chi connectivity index (χ0) is 9.97. The Bertz CT molecular complexity index is 434. The molecule has 0 saturated carbocycles. The van der Waals surface area contributed by atoms with E-state index in [1.807, 2.05) is 19.3 Å². The van der Waals surface area contributed by atoms with E-state index in [2.05, 4.69) is 10.3 Å². The molecule has 2 aromatic rings. The van der Waals surface area contributed by atoms with Gasteiger partial charge in [-0.25, -0.2) is 4.39 Å². The minimum absolute atomic E-state index is 0.144. The third-order valence-electron chi connectivity index (χ3n) is 2.38. The van der Waals surface area contributed by atoms with Crippen molar-refractivity contribution in [1.29, 1.82) is 0 Å². The van der Waals surface area contributed by atoms with Crippen molar-refractivity contribution in [3.05, 3.63) is 35.8 Å². The van der Waals surface area contributed by atoms with Gasteiger partial charge < -0.3 is 10.3 Å². The quantitative estimate of drug-likeness (QED) is 0.765. The highest BCUT2D eigenvalue weighted by Gasteiger charge is 2.06. The van der Waals surface area contributed by atoms with Crippen LogP contribution in [0.3, 0.4) is 0 Å². The van der Waals surface area contributed by atoms with Gasteiger partial charge in [-0.3, -0.25) is 0 Å². The van der Waals surface area contributed by atoms with Crippen LogP contribution >= 0.6 is 0 Å². The van der Waals surface area contributed by atoms with Crippen molar-refractivity contribution in [3.63, 3.8) is 0 Å². The Hall–Kier alpha value is -1.35. The Morgan fingerprint density at radius 3 is 3.07 bits per heavy atom. The Morgan fingerprint density at radius 2 is 2.29 bits per heavy atom. The van der Waals surface area contributed by atoms with Crippen LogP contribution in [0.25, 0.3) is 10.9 Å². The van der Waals surface area contributed by atoms with E-state index < -0.39 is 0 Å². The lowest BCUT2D eigenvalue weighted by Crippen LogP contribution is -2.10. The predicted octanol–water partition coefficient (Wildman–Crippen LogP) is 2.07. The van der Waals surface area contributed by atoms with Crippen LogP contribution in [0.2, 0.25) is 0 Å². The first-order valence-corrected chi connectivity index (χ1v) is 4.72. The van der Waals surface area contributed by atoms with Crippen molar-refractivity contribution in [2.45, 2.75) is 6.42 Å². The average molecular weight is 192 g/mol. The molecule has 0 bridgehead atoms. The highest BCUT2D eigenvalue weighted by molar-refractivity contribution is 5.83. The molecule has 0 atom stereocenters. The van der Waals surface area contributed by atoms with Gasteiger partial charge >= 0.3 is 0 Å². The van der Waals surface area contributed by atoms with Crippen LogP contribution in [0.15, 0.2) is 24.4 Å². The molecule has 74 valence electrons. The number of rotatable bonds is 3. The topological polar surface area (TPSA) is 27.8 Å². The summed E-state index contributed by atoms with van der Waals surface area (Å²) in [6.45, 7) is 0.862. The number of aromatic nitrogens is 1. The van der Waals surface area contributed by atoms with E-state index >= 15 is 0 Å². The third-order valence-corrected chi connectivity index (χ3v) is 2.38. The molecule has 2 N–H and O–H groups in total. The molecule has 1 heterocycles. The van der Waals surface area contributed by atoms with Crippen LogP contribution in [0.4, 0.5) is 4.39 Å². The van der Waals surface area contributed by atoms with Crippen molar-refractivity contribution in [3.8, 4) is 0 Å². The fourth-order valence-electron chi connectivity index (χ4n) is 1.66. The molecule has 1 aromatic carbocycles. The zero-order valence-corrected chi connectivity index (χ0v) is 8.10. The van der Waals surface area contributed by atoms with Crippen molar-refractivity contribution in [2.24, 2.45) is 0 Å². The molecule has 0 amide bonds. The third kappa shape index (κ3) is 1.51. The molecule has 0 aliphatic carbocycles. The molecule has 14 heavy (non-hydrogen) atoms. The number of aromatic amines is 1. The molecule has 0 unspecified atom stereocenters. The monoisotopic (exact) mass is 192 g/mol. The molecular weight excluding hydrogens is 179 g/mol. The fraction of sp³-hybridized carbons (Fsp3) is 0.273. The number of likely N-dealkylation sites (N-methyl/N-ethyl adjacent to an activating group) is 1. The van der Waals surface area contributed by atoms with E-state index in [1.165, 1.54) is 6.07 Å². The maximum absolute atomic E-state index is 13.5. The second-order valence-electron chi connectivity index (χ2n) is 3.33. The number of halogens is 1. The van der Waals surface area contributed by atoms with Gasteiger partial charge in [-0.05, 0) is 37.7 Å². The molecule has 2 rings (SSSR count). The number of nitrogens with one attached hydrogen (secondary N) is 2. The lowest BCUT2D eigenvalue weighted by Gasteiger charge is -1.99. The summed E-state index contributed by atoms with van der Waals surface area (Å²) in [6.07, 6.45) is 2.72. The lowest BCUT2D eigenvalue weighted by atomic mass is 10.1. The Morgan fingerprint density at radius 1 is 1.43 bits per heavy atom. The van der Waals surface area contributed by atoms with Crippen molar-refractivity contribution < 1.29 is 4.39 Å². The first-order valence-electron chi connectivity index (χ1n) is 4.72. The van der Waals surface area contributed by atoms with Gasteiger partial charge in [-0.2, -0.15) is 0 Å². The van der Waals surface area contributed by atoms with Gasteiger partial charge in [0.05, 0.1) is 0 Å². The standard InChI is InChI=1S/C11H13FN2/c1-13-6-5-8-7-14-10-4-2-3-9(12)11(8)10/h2-4,7,13-14H,5-6H2,1H3. The summed E-state index contributed by atoms with van der Waals surface area (Å²) in [7, 11) is 1.89. The molecule has 0 aliphatic rings. The second-order valence-corrected chi connectivity index (χ2v) is 3.33. The van der Waals surface area contributed by atoms with Gasteiger partial charge in [0.1, 0.15) is 5.82 Å². The number of H-pyrrole nitrogens is 1. The molecule has 3 heteroatoms. The first kappa shape index (κ1) is 9.21. The van der Waals surface area contributed by atoms with E-state index in [0.717, 1.165) is 29.4 Å². The molecular formula is C11H13FN2. The van der Waals surface area contributed by atoms with E-state index in [4.69, 9.17) is 0 Å². The fourth-order valence-corrected chi connectivity index (χ4v) is 1.66. The molecule has 2 nitrogen and oxygen atoms in total. The Balaban J connectivity index is 2.45. The normalized spacial score (nSPS) is 11.0. The summed E-state index contributed by atoms with van der Waals surface area (Å²) in [6, 6.07) is 5.11. The van der Waals surface area contributed by atoms with Gasteiger partial charge in [0.25, 0.3) is 0 Å². The molecule has 0 spiro atoms. The lowest BCUT2D eigenvalue weighted by molar-refractivity contribution is 0.638. The van der Waals surface area contributed by atoms with Crippen molar-refractivity contribution in [2.75, 3.05) is 13.6 Å². The van der Waals surface area contributed by atoms with Crippen molar-refractivity contribution >= 4 is 10.9 Å². The maximum Gasteiger partial charge on any atom is 0.132 e. The highest BCUT2D eigenvalue weighted by Crippen LogP contribution is 2.21. The zero-order valence-electron chi connectivity index (χ0n) is 8.10. The van der Waals surface area contributed by atoms with Gasteiger partial charge in [0, 0.05) is 17.1 Å². The Labute approximate surface area is 82.1 Å². The summed E-state index contributed by atoms with van der Waals surface area (Å²) in [5.41, 5.74) is 1.91. The smallest absolute Gasteiger partial charge is 0.132 e. The summed E-state index contributed by atoms with van der Waals surface area (Å²) < 4.78 is 13.5. The number of fused-ring (bicyclic) bond motifs is 1. The van der Waals surface area contributed by atoms with Crippen LogP contribution in [0.5, 0.6) is 0 Å². The Kier molecular flexibility index (Phi) is 2.50. The molecule has 0 aliphatic heterocycles. The summed E-state index contributed by atoms with van der Waals surface area (Å²) in [5, 5.41) is 3.78. The average Bonchev–Trinajstić information content (AvgIpc) is 2.59. The SMILES string of the molecule is CNCCc1c[nH]c2cccc(F)c12. The highest BCUT2D eigenvalue weighted by atomic mass is 19.1. The minimum Gasteiger partial charge on any atom is -0.361 e. The number of benzene rings is 1. The molecule has 1 aromatic heterocycles. The largest absolute Gasteiger partial charge is 0.361 e. The van der Waals surface area contributed by atoms with Crippen molar-refractivity contribution in [1.82, 2.24) is 10.3 Å². The van der Waals surface area contributed by atoms with Gasteiger partial charge in [0.15, 0.2) is 0 Å². The maximum atomic E-state index is 13.5. The first-order chi connectivity index (χ1) is 6.83. The second kappa shape index (κ2) is 3.80. The summed E-state index contributed by atoms with van der Waals surface area (Å²) in [4.78, 5) is 3.07. The van der Waals surface area contributed by atoms with E-state index in [0.29, 0.717) is 0 Å². The molecule has 0 fully saturated rings. The van der Waals surface area contributed by atoms with Crippen LogP contribution in [-0.2, 0) is 6.42 Å². The minimum atomic E-state index is -0.144. The summed E-state index contributed by atoms with van der Waals surface area (Å²) >= 11 is 0. The van der Waals surface area contributed by atoms with Gasteiger partial charge in [-0.15, -0.1) is 0 Å². The van der Waals surface area contributed by atoms with Crippen LogP contribution in [0.1, 0.15) is 5.56 Å². The van der Waals surface area contributed by atoms with Crippen LogP contribution in [-0.4, -0.2) is 18.6 Å². The summed E-state index contributed by atoms with van der Waals surface area (Å²) in [5.74, 6) is -0.144. The van der Waals surface area contributed by atoms with Crippen LogP contribution in [0, 0.1) is 5.82 Å². The van der Waals surface area contributed by atoms with E-state index in [9.17, 15) is 4.39 Å². The van der Waals surface area contributed by atoms with Gasteiger partial charge in [0.2, 0.25) is 0 Å². The van der Waals surface area contributed by atoms with E-state index in [1.54, 1.807) is 6.07 Å². The number of hydrogen-bond donors (Lipinski definition) is 2. The van der Waals surface area contributed by atoms with Crippen LogP contribution < -0.4 is 5.32 Å². The van der Waals surface area contributed by atoms with E-state index in [-0.39, 0.29) is 5.82 Å². The molecule has 0 saturated heterocycles. The van der Waals surface area contributed by atoms with Gasteiger partial charge in [-0.1, -0.05) is 6.07 Å². The molecule has 0 radical (unpaired) electrons. The number of hydrogen-bond acceptors (Lipinski definition) is 1. The predicted molar refractivity (Wildman–Crippen MR) is 55.9 cm³/mol.